The van der Waals surface area contributed by atoms with Gasteiger partial charge in [-0.15, -0.1) is 0 Å². The Morgan fingerprint density at radius 1 is 1.29 bits per heavy atom. The minimum absolute atomic E-state index is 0.290. The highest BCUT2D eigenvalue weighted by Crippen LogP contribution is 2.32. The lowest BCUT2D eigenvalue weighted by molar-refractivity contribution is 0.875. The van der Waals surface area contributed by atoms with Crippen LogP contribution >= 0.6 is 0 Å². The van der Waals surface area contributed by atoms with E-state index in [9.17, 15) is 4.79 Å². The molecule has 0 spiro atoms. The second kappa shape index (κ2) is 2.94. The normalized spacial score (nSPS) is 12.1. The summed E-state index contributed by atoms with van der Waals surface area (Å²) < 4.78 is 0. The van der Waals surface area contributed by atoms with Crippen molar-refractivity contribution in [1.29, 1.82) is 0 Å². The first-order chi connectivity index (χ1) is 6.57. The summed E-state index contributed by atoms with van der Waals surface area (Å²) >= 11 is 0. The topological polar surface area (TPSA) is 17.1 Å². The smallest absolute Gasteiger partial charge is 0.195 e. The van der Waals surface area contributed by atoms with E-state index in [-0.39, 0.29) is 0 Å². The van der Waals surface area contributed by atoms with Crippen LogP contribution in [0.15, 0.2) is 10.9 Å². The van der Waals surface area contributed by atoms with Gasteiger partial charge < -0.3 is 0 Å². The van der Waals surface area contributed by atoms with Crippen molar-refractivity contribution in [2.75, 3.05) is 0 Å². The molecule has 0 fully saturated rings. The molecule has 0 amide bonds. The van der Waals surface area contributed by atoms with E-state index in [1.54, 1.807) is 0 Å². The van der Waals surface area contributed by atoms with Gasteiger partial charge in [-0.05, 0) is 36.0 Å². The van der Waals surface area contributed by atoms with Crippen LogP contribution in [0.3, 0.4) is 0 Å². The van der Waals surface area contributed by atoms with Gasteiger partial charge in [0.25, 0.3) is 0 Å². The number of hydrogen-bond donors (Lipinski definition) is 0. The summed E-state index contributed by atoms with van der Waals surface area (Å²) in [7, 11) is 0. The van der Waals surface area contributed by atoms with Crippen molar-refractivity contribution in [3.05, 3.63) is 33.0 Å². The summed E-state index contributed by atoms with van der Waals surface area (Å²) in [5.74, 6) is 0.458. The molecule has 2 aromatic rings. The van der Waals surface area contributed by atoms with Gasteiger partial charge >= 0.3 is 0 Å². The Bertz CT molecular complexity index is 496. The molecular weight excluding hydrogens is 172 g/mol. The molecule has 2 aromatic carbocycles. The van der Waals surface area contributed by atoms with E-state index in [1.165, 1.54) is 16.7 Å². The predicted molar refractivity (Wildman–Crippen MR) is 60.8 cm³/mol. The Kier molecular flexibility index (Phi) is 1.99. The number of fused-ring (bicyclic) bond motifs is 1. The zero-order valence-corrected chi connectivity index (χ0v) is 9.27. The molecule has 1 nitrogen and oxygen atoms in total. The molecule has 0 N–H and O–H groups in total. The molecule has 0 heterocycles. The van der Waals surface area contributed by atoms with Gasteiger partial charge in [-0.1, -0.05) is 26.8 Å². The van der Waals surface area contributed by atoms with Gasteiger partial charge in [-0.3, -0.25) is 4.79 Å². The van der Waals surface area contributed by atoms with Gasteiger partial charge in [0.2, 0.25) is 0 Å². The third-order valence-electron chi connectivity index (χ3n) is 3.06. The Morgan fingerprint density at radius 3 is 2.43 bits per heavy atom. The number of rotatable bonds is 2. The van der Waals surface area contributed by atoms with E-state index < -0.39 is 0 Å². The Balaban J connectivity index is 2.73. The molecule has 0 unspecified atom stereocenters. The van der Waals surface area contributed by atoms with Gasteiger partial charge in [0.05, 0.1) is 0 Å². The van der Waals surface area contributed by atoms with E-state index in [1.807, 2.05) is 0 Å². The van der Waals surface area contributed by atoms with Gasteiger partial charge in [0.1, 0.15) is 0 Å². The summed E-state index contributed by atoms with van der Waals surface area (Å²) in [6, 6.07) is 2.19. The average Bonchev–Trinajstić information content (AvgIpc) is 2.76. The second-order valence-electron chi connectivity index (χ2n) is 4.35. The highest BCUT2D eigenvalue weighted by molar-refractivity contribution is 6.03. The summed E-state index contributed by atoms with van der Waals surface area (Å²) in [5, 5.41) is 2.04. The zero-order chi connectivity index (χ0) is 10.5. The SMILES string of the molecule is CCc1c(C)cc(C(C)C)c2c(=O)c12. The highest BCUT2D eigenvalue weighted by atomic mass is 16.1. The standard InChI is InChI=1S/C13H16O/c1-5-9-8(4)6-10(7(2)3)12-11(9)13(12)14/h6-7H,5H2,1-4H3. The quantitative estimate of drug-likeness (QED) is 0.708. The van der Waals surface area contributed by atoms with Gasteiger partial charge in [0.15, 0.2) is 5.43 Å². The third-order valence-corrected chi connectivity index (χ3v) is 3.06. The van der Waals surface area contributed by atoms with Crippen LogP contribution in [0.2, 0.25) is 0 Å². The lowest BCUT2D eigenvalue weighted by Crippen LogP contribution is -1.90. The first-order valence-corrected chi connectivity index (χ1v) is 5.29. The minimum atomic E-state index is 0.290. The maximum absolute atomic E-state index is 11.6. The molecule has 74 valence electrons. The molecule has 1 heteroatoms. The first-order valence-electron chi connectivity index (χ1n) is 5.29. The van der Waals surface area contributed by atoms with Crippen LogP contribution in [0.1, 0.15) is 43.4 Å². The van der Waals surface area contributed by atoms with Crippen molar-refractivity contribution < 1.29 is 0 Å². The monoisotopic (exact) mass is 188 g/mol. The molecule has 0 radical (unpaired) electrons. The fourth-order valence-corrected chi connectivity index (χ4v) is 2.23. The van der Waals surface area contributed by atoms with Crippen LogP contribution in [0.25, 0.3) is 10.8 Å². The average molecular weight is 188 g/mol. The lowest BCUT2D eigenvalue weighted by Gasteiger charge is -2.07. The largest absolute Gasteiger partial charge is 0.289 e. The fourth-order valence-electron chi connectivity index (χ4n) is 2.23. The summed E-state index contributed by atoms with van der Waals surface area (Å²) in [6.07, 6.45) is 0.971. The number of aryl methyl sites for hydroxylation is 2. The molecule has 0 bridgehead atoms. The summed E-state index contributed by atoms with van der Waals surface area (Å²) in [6.45, 7) is 8.51. The van der Waals surface area contributed by atoms with E-state index in [0.717, 1.165) is 17.2 Å². The van der Waals surface area contributed by atoms with Crippen molar-refractivity contribution in [3.8, 4) is 0 Å². The molecule has 0 aromatic heterocycles. The molecule has 0 saturated heterocycles. The predicted octanol–water partition coefficient (Wildman–Crippen LogP) is 3.07. The van der Waals surface area contributed by atoms with Crippen LogP contribution in [-0.4, -0.2) is 0 Å². The van der Waals surface area contributed by atoms with Crippen molar-refractivity contribution in [2.45, 2.75) is 40.0 Å². The number of hydrogen-bond acceptors (Lipinski definition) is 1. The van der Waals surface area contributed by atoms with E-state index in [2.05, 4.69) is 33.8 Å². The summed E-state index contributed by atoms with van der Waals surface area (Å²) in [4.78, 5) is 11.6. The molecular formula is C13H16O. The fraction of sp³-hybridized carbons (Fsp3) is 0.462. The lowest BCUT2D eigenvalue weighted by atomic mass is 9.97. The van der Waals surface area contributed by atoms with E-state index in [0.29, 0.717) is 11.3 Å². The van der Waals surface area contributed by atoms with Crippen molar-refractivity contribution >= 4 is 10.8 Å². The van der Waals surface area contributed by atoms with Crippen LogP contribution in [-0.2, 0) is 6.42 Å². The van der Waals surface area contributed by atoms with E-state index in [4.69, 9.17) is 0 Å². The molecule has 0 aliphatic rings. The van der Waals surface area contributed by atoms with Gasteiger partial charge in [0, 0.05) is 10.8 Å². The minimum Gasteiger partial charge on any atom is -0.289 e. The van der Waals surface area contributed by atoms with Gasteiger partial charge in [-0.2, -0.15) is 0 Å². The van der Waals surface area contributed by atoms with Crippen LogP contribution < -0.4 is 5.43 Å². The zero-order valence-electron chi connectivity index (χ0n) is 9.27. The van der Waals surface area contributed by atoms with Crippen LogP contribution in [0.5, 0.6) is 0 Å². The Labute approximate surface area is 84.4 Å². The maximum Gasteiger partial charge on any atom is 0.195 e. The molecule has 2 rings (SSSR count). The Hall–Kier alpha value is -1.11. The van der Waals surface area contributed by atoms with Crippen molar-refractivity contribution in [3.63, 3.8) is 0 Å². The molecule has 14 heavy (non-hydrogen) atoms. The Morgan fingerprint density at radius 2 is 1.93 bits per heavy atom. The molecule has 0 saturated carbocycles. The molecule has 0 aliphatic carbocycles. The number of benzene rings is 1. The first kappa shape index (κ1) is 9.45. The van der Waals surface area contributed by atoms with Crippen LogP contribution in [0.4, 0.5) is 0 Å². The van der Waals surface area contributed by atoms with E-state index >= 15 is 0 Å². The molecule has 0 aliphatic heterocycles. The third kappa shape index (κ3) is 1.12. The molecule has 0 atom stereocenters. The highest BCUT2D eigenvalue weighted by Gasteiger charge is 2.22. The van der Waals surface area contributed by atoms with Crippen molar-refractivity contribution in [2.24, 2.45) is 0 Å². The van der Waals surface area contributed by atoms with Crippen molar-refractivity contribution in [1.82, 2.24) is 0 Å². The second-order valence-corrected chi connectivity index (χ2v) is 4.35. The summed E-state index contributed by atoms with van der Waals surface area (Å²) in [5.41, 5.74) is 4.06. The van der Waals surface area contributed by atoms with Crippen LogP contribution in [0, 0.1) is 6.92 Å². The van der Waals surface area contributed by atoms with Gasteiger partial charge in [-0.25, -0.2) is 0 Å². The maximum atomic E-state index is 11.6.